The molecule has 1 aliphatic heterocycles. The second-order valence-corrected chi connectivity index (χ2v) is 8.91. The van der Waals surface area contributed by atoms with Gasteiger partial charge in [-0.1, -0.05) is 13.5 Å². The van der Waals surface area contributed by atoms with Gasteiger partial charge in [0.1, 0.15) is 5.52 Å². The molecule has 0 spiro atoms. The van der Waals surface area contributed by atoms with Gasteiger partial charge in [-0.15, -0.1) is 0 Å². The number of hydrogen-bond donors (Lipinski definition) is 2. The van der Waals surface area contributed by atoms with E-state index in [0.29, 0.717) is 17.3 Å². The van der Waals surface area contributed by atoms with Crippen molar-refractivity contribution < 1.29 is 14.3 Å². The highest BCUT2D eigenvalue weighted by molar-refractivity contribution is 5.96. The number of carbonyl (C=O) groups excluding carboxylic acids is 1. The van der Waals surface area contributed by atoms with Gasteiger partial charge in [-0.25, -0.2) is 19.7 Å². The Hall–Kier alpha value is -3.89. The number of imidazole rings is 1. The molecule has 0 aliphatic carbocycles. The highest BCUT2D eigenvalue weighted by Gasteiger charge is 2.22. The van der Waals surface area contributed by atoms with E-state index in [0.717, 1.165) is 47.5 Å². The predicted molar refractivity (Wildman–Crippen MR) is 143 cm³/mol. The van der Waals surface area contributed by atoms with Crippen LogP contribution in [-0.4, -0.2) is 67.8 Å². The minimum absolute atomic E-state index is 0. The molecule has 5 rings (SSSR count). The maximum atomic E-state index is 11.9. The van der Waals surface area contributed by atoms with Gasteiger partial charge in [-0.05, 0) is 50.6 Å². The number of benzene rings is 1. The summed E-state index contributed by atoms with van der Waals surface area (Å²) in [5.41, 5.74) is 5.03. The van der Waals surface area contributed by atoms with Crippen molar-refractivity contribution >= 4 is 23.1 Å². The number of carbonyl (C=O) groups is 1. The first-order chi connectivity index (χ1) is 17.5. The van der Waals surface area contributed by atoms with Crippen molar-refractivity contribution in [2.75, 3.05) is 25.0 Å². The van der Waals surface area contributed by atoms with Gasteiger partial charge in [0.05, 0.1) is 30.0 Å². The third kappa shape index (κ3) is 6.10. The molecule has 0 bridgehead atoms. The zero-order valence-electron chi connectivity index (χ0n) is 20.6. The van der Waals surface area contributed by atoms with Crippen molar-refractivity contribution in [1.29, 1.82) is 0 Å². The number of rotatable bonds is 6. The number of anilines is 1. The highest BCUT2D eigenvalue weighted by atomic mass is 16.5. The van der Waals surface area contributed by atoms with Crippen LogP contribution in [-0.2, 0) is 16.0 Å². The second kappa shape index (κ2) is 11.4. The summed E-state index contributed by atoms with van der Waals surface area (Å²) in [6, 6.07) is 9.87. The lowest BCUT2D eigenvalue weighted by Crippen LogP contribution is -2.44. The van der Waals surface area contributed by atoms with Crippen LogP contribution in [0.2, 0.25) is 0 Å². The van der Waals surface area contributed by atoms with E-state index in [1.54, 1.807) is 25.4 Å². The average Bonchev–Trinajstić information content (AvgIpc) is 3.26. The molecule has 1 amide bonds. The molecule has 0 radical (unpaired) electrons. The Morgan fingerprint density at radius 1 is 1.14 bits per heavy atom. The molecule has 37 heavy (non-hydrogen) atoms. The predicted octanol–water partition coefficient (Wildman–Crippen LogP) is 4.90. The first kappa shape index (κ1) is 26.2. The van der Waals surface area contributed by atoms with E-state index >= 15 is 0 Å². The van der Waals surface area contributed by atoms with Crippen molar-refractivity contribution in [3.05, 3.63) is 54.6 Å². The summed E-state index contributed by atoms with van der Waals surface area (Å²) in [7, 11) is 0. The molecule has 1 saturated heterocycles. The van der Waals surface area contributed by atoms with Crippen LogP contribution in [0, 0.1) is 0 Å². The lowest BCUT2D eigenvalue weighted by molar-refractivity contribution is -0.0707. The molecule has 4 aromatic rings. The molecule has 10 heteroatoms. The van der Waals surface area contributed by atoms with E-state index < -0.39 is 6.09 Å². The van der Waals surface area contributed by atoms with Gasteiger partial charge in [0.15, 0.2) is 5.82 Å². The lowest BCUT2D eigenvalue weighted by atomic mass is 10.0. The molecule has 1 aliphatic rings. The average molecular weight is 504 g/mol. The molecular weight excluding hydrogens is 470 g/mol. The quantitative estimate of drug-likeness (QED) is 0.382. The van der Waals surface area contributed by atoms with Crippen LogP contribution in [0.25, 0.3) is 33.5 Å². The number of nitrogens with zero attached hydrogens (tertiary/aromatic N) is 5. The first-order valence-corrected chi connectivity index (χ1v) is 12.1. The van der Waals surface area contributed by atoms with Crippen LogP contribution in [0.1, 0.15) is 33.9 Å². The van der Waals surface area contributed by atoms with Gasteiger partial charge in [0, 0.05) is 49.4 Å². The van der Waals surface area contributed by atoms with Gasteiger partial charge in [0.25, 0.3) is 0 Å². The number of aromatic amines is 1. The van der Waals surface area contributed by atoms with Gasteiger partial charge >= 0.3 is 6.09 Å². The van der Waals surface area contributed by atoms with E-state index in [2.05, 4.69) is 56.1 Å². The normalized spacial score (nSPS) is 17.8. The van der Waals surface area contributed by atoms with Crippen LogP contribution >= 0.6 is 0 Å². The zero-order chi connectivity index (χ0) is 25.1. The highest BCUT2D eigenvalue weighted by Crippen LogP contribution is 2.32. The summed E-state index contributed by atoms with van der Waals surface area (Å²) < 4.78 is 10.8. The third-order valence-corrected chi connectivity index (χ3v) is 5.93. The van der Waals surface area contributed by atoms with Gasteiger partial charge in [-0.3, -0.25) is 15.2 Å². The summed E-state index contributed by atoms with van der Waals surface area (Å²) >= 11 is 0. The van der Waals surface area contributed by atoms with Crippen molar-refractivity contribution in [3.8, 4) is 22.5 Å². The molecule has 1 aromatic carbocycles. The molecule has 0 unspecified atom stereocenters. The summed E-state index contributed by atoms with van der Waals surface area (Å²) in [5.74, 6) is 0.832. The fourth-order valence-corrected chi connectivity index (χ4v) is 4.55. The number of amides is 1. The fourth-order valence-electron chi connectivity index (χ4n) is 4.55. The summed E-state index contributed by atoms with van der Waals surface area (Å²) in [6.45, 7) is 8.80. The Balaban J connectivity index is 0.00000320. The Kier molecular flexibility index (Phi) is 8.10. The van der Waals surface area contributed by atoms with Crippen LogP contribution in [0.3, 0.4) is 0 Å². The number of hydrogen-bond acceptors (Lipinski definition) is 8. The van der Waals surface area contributed by atoms with Crippen LogP contribution < -0.4 is 5.32 Å². The Bertz CT molecular complexity index is 1330. The van der Waals surface area contributed by atoms with Gasteiger partial charge in [0.2, 0.25) is 5.95 Å². The van der Waals surface area contributed by atoms with Gasteiger partial charge < -0.3 is 14.5 Å². The van der Waals surface area contributed by atoms with E-state index in [-0.39, 0.29) is 26.2 Å². The number of nitrogens with one attached hydrogen (secondary N) is 2. The lowest BCUT2D eigenvalue weighted by Gasteiger charge is -2.35. The van der Waals surface area contributed by atoms with Crippen LogP contribution in [0.5, 0.6) is 0 Å². The number of aromatic nitrogens is 5. The van der Waals surface area contributed by atoms with E-state index in [1.807, 2.05) is 18.3 Å². The summed E-state index contributed by atoms with van der Waals surface area (Å²) in [5, 5.41) is 2.63. The van der Waals surface area contributed by atoms with Crippen molar-refractivity contribution in [2.45, 2.75) is 47.0 Å². The van der Waals surface area contributed by atoms with E-state index in [9.17, 15) is 4.79 Å². The first-order valence-electron chi connectivity index (χ1n) is 12.1. The molecule has 0 saturated carbocycles. The molecule has 4 heterocycles. The number of fused-ring (bicyclic) bond motifs is 1. The second-order valence-electron chi connectivity index (χ2n) is 8.91. The number of morpholine rings is 1. The number of ether oxygens (including phenoxy) is 2. The largest absolute Gasteiger partial charge is 0.450 e. The van der Waals surface area contributed by atoms with Crippen LogP contribution in [0.15, 0.2) is 48.9 Å². The van der Waals surface area contributed by atoms with Crippen molar-refractivity contribution in [2.24, 2.45) is 0 Å². The SMILES string of the molecule is C.CCOC(=O)Nc1nc2c(-c3ncccn3)cc(-c3ccc(CN4C[C@@H](C)O[C@@H](C)C4)nc3)cc2[nH]1. The standard InChI is InChI=1S/C26H29N7O3.CH4/c1-4-35-26(34)32-25-30-22-11-19(10-21(23(22)31-25)24-27-8-5-9-28-24)18-6-7-20(29-12-18)15-33-13-16(2)36-17(3)14-33;/h5-12,16-17H,4,13-15H2,1-3H3,(H2,30,31,32,34);1H4/t16-,17+;. The summed E-state index contributed by atoms with van der Waals surface area (Å²) in [4.78, 5) is 35.6. The number of H-pyrrole nitrogens is 1. The Morgan fingerprint density at radius 2 is 1.89 bits per heavy atom. The molecule has 10 nitrogen and oxygen atoms in total. The molecule has 2 atom stereocenters. The zero-order valence-corrected chi connectivity index (χ0v) is 20.6. The van der Waals surface area contributed by atoms with E-state index in [1.165, 1.54) is 0 Å². The molecular formula is C27H33N7O3. The maximum Gasteiger partial charge on any atom is 0.413 e. The Labute approximate surface area is 216 Å². The van der Waals surface area contributed by atoms with Crippen molar-refractivity contribution in [1.82, 2.24) is 29.8 Å². The molecule has 2 N–H and O–H groups in total. The Morgan fingerprint density at radius 3 is 2.57 bits per heavy atom. The van der Waals surface area contributed by atoms with Gasteiger partial charge in [-0.2, -0.15) is 0 Å². The molecule has 194 valence electrons. The monoisotopic (exact) mass is 503 g/mol. The summed E-state index contributed by atoms with van der Waals surface area (Å²) in [6.07, 6.45) is 5.13. The van der Waals surface area contributed by atoms with E-state index in [4.69, 9.17) is 14.5 Å². The molecule has 3 aromatic heterocycles. The third-order valence-electron chi connectivity index (χ3n) is 5.93. The topological polar surface area (TPSA) is 118 Å². The maximum absolute atomic E-state index is 11.9. The minimum atomic E-state index is -0.571. The minimum Gasteiger partial charge on any atom is -0.450 e. The van der Waals surface area contributed by atoms with Crippen molar-refractivity contribution in [3.63, 3.8) is 0 Å². The number of pyridine rings is 1. The fraction of sp³-hybridized carbons (Fsp3) is 0.370. The molecule has 1 fully saturated rings. The van der Waals surface area contributed by atoms with Crippen LogP contribution in [0.4, 0.5) is 10.7 Å². The smallest absolute Gasteiger partial charge is 0.413 e.